The molecule has 6 nitrogen and oxygen atoms in total. The van der Waals surface area contributed by atoms with Gasteiger partial charge in [0.1, 0.15) is 11.1 Å². The van der Waals surface area contributed by atoms with Gasteiger partial charge in [0.15, 0.2) is 6.61 Å². The first-order chi connectivity index (χ1) is 12.1. The molecular weight excluding hydrogens is 338 g/mol. The van der Waals surface area contributed by atoms with E-state index in [1.807, 2.05) is 12.3 Å². The summed E-state index contributed by atoms with van der Waals surface area (Å²) in [6, 6.07) is 3.67. The first-order valence-corrected chi connectivity index (χ1v) is 9.76. The topological polar surface area (TPSA) is 92.1 Å². The molecule has 7 heteroatoms. The van der Waals surface area contributed by atoms with Crippen LogP contribution in [0, 0.1) is 11.3 Å². The number of nitrogens with one attached hydrogen (secondary N) is 1. The Labute approximate surface area is 152 Å². The van der Waals surface area contributed by atoms with Crippen LogP contribution in [0.2, 0.25) is 0 Å². The first-order valence-electron chi connectivity index (χ1n) is 8.53. The van der Waals surface area contributed by atoms with Gasteiger partial charge in [0.25, 0.3) is 5.91 Å². The molecule has 1 fully saturated rings. The molecule has 1 amide bonds. The van der Waals surface area contributed by atoms with E-state index in [0.717, 1.165) is 37.8 Å². The Hall–Kier alpha value is -2.07. The number of amides is 1. The zero-order valence-corrected chi connectivity index (χ0v) is 15.4. The zero-order chi connectivity index (χ0) is 18.2. The zero-order valence-electron chi connectivity index (χ0n) is 14.6. The van der Waals surface area contributed by atoms with Crippen molar-refractivity contribution < 1.29 is 14.3 Å². The molecule has 0 spiro atoms. The van der Waals surface area contributed by atoms with Crippen LogP contribution in [0.5, 0.6) is 0 Å². The van der Waals surface area contributed by atoms with Gasteiger partial charge in [0.2, 0.25) is 0 Å². The third kappa shape index (κ3) is 5.46. The van der Waals surface area contributed by atoms with Crippen molar-refractivity contribution in [2.75, 3.05) is 19.4 Å². The van der Waals surface area contributed by atoms with Crippen LogP contribution in [-0.2, 0) is 9.53 Å². The maximum absolute atomic E-state index is 12.4. The lowest BCUT2D eigenvalue weighted by Gasteiger charge is -2.10. The lowest BCUT2D eigenvalue weighted by Crippen LogP contribution is -2.29. The van der Waals surface area contributed by atoms with Crippen molar-refractivity contribution in [3.05, 3.63) is 22.9 Å². The van der Waals surface area contributed by atoms with E-state index >= 15 is 0 Å². The summed E-state index contributed by atoms with van der Waals surface area (Å²) in [5.41, 5.74) is 1.23. The average molecular weight is 361 g/mol. The summed E-state index contributed by atoms with van der Waals surface area (Å²) in [5, 5.41) is 12.6. The number of unbranched alkanes of at least 4 members (excludes halogenated alkanes) is 2. The van der Waals surface area contributed by atoms with E-state index in [1.165, 1.54) is 11.8 Å². The largest absolute Gasteiger partial charge is 0.452 e. The summed E-state index contributed by atoms with van der Waals surface area (Å²) in [6.45, 7) is 2.32. The average Bonchev–Trinajstić information content (AvgIpc) is 3.47. The van der Waals surface area contributed by atoms with Crippen molar-refractivity contribution in [1.29, 1.82) is 5.26 Å². The molecule has 0 aliphatic heterocycles. The van der Waals surface area contributed by atoms with Crippen molar-refractivity contribution >= 4 is 23.6 Å². The molecule has 1 N–H and O–H groups in total. The van der Waals surface area contributed by atoms with Gasteiger partial charge in [-0.3, -0.25) is 4.79 Å². The second kappa shape index (κ2) is 9.42. The molecule has 0 aromatic carbocycles. The van der Waals surface area contributed by atoms with E-state index in [2.05, 4.69) is 17.2 Å². The summed E-state index contributed by atoms with van der Waals surface area (Å²) in [5.74, 6) is -0.628. The Kier molecular flexibility index (Phi) is 7.26. The third-order valence-electron chi connectivity index (χ3n) is 3.96. The Balaban J connectivity index is 2.02. The van der Waals surface area contributed by atoms with Crippen LogP contribution in [0.4, 0.5) is 0 Å². The van der Waals surface area contributed by atoms with Crippen LogP contribution in [0.15, 0.2) is 11.1 Å². The highest BCUT2D eigenvalue weighted by Gasteiger charge is 2.29. The van der Waals surface area contributed by atoms with E-state index in [4.69, 9.17) is 4.74 Å². The molecule has 1 aromatic heterocycles. The van der Waals surface area contributed by atoms with E-state index in [9.17, 15) is 14.9 Å². The summed E-state index contributed by atoms with van der Waals surface area (Å²) in [4.78, 5) is 28.6. The summed E-state index contributed by atoms with van der Waals surface area (Å²) in [7, 11) is 0. The monoisotopic (exact) mass is 361 g/mol. The second-order valence-electron chi connectivity index (χ2n) is 6.00. The van der Waals surface area contributed by atoms with E-state index < -0.39 is 5.97 Å². The highest BCUT2D eigenvalue weighted by molar-refractivity contribution is 7.98. The summed E-state index contributed by atoms with van der Waals surface area (Å²) >= 11 is 1.33. The van der Waals surface area contributed by atoms with Crippen LogP contribution in [0.3, 0.4) is 0 Å². The van der Waals surface area contributed by atoms with Crippen molar-refractivity contribution in [3.63, 3.8) is 0 Å². The van der Waals surface area contributed by atoms with Crippen LogP contribution in [-0.4, -0.2) is 36.3 Å². The molecule has 0 atom stereocenters. The van der Waals surface area contributed by atoms with Crippen LogP contribution >= 0.6 is 11.8 Å². The number of ether oxygens (including phenoxy) is 1. The number of carbonyl (C=O) groups is 2. The van der Waals surface area contributed by atoms with E-state index in [-0.39, 0.29) is 23.6 Å². The standard InChI is InChI=1S/C18H23N3O3S/c1-3-4-5-8-20-16(22)11-24-18(23)13-9-15(12-6-7-12)21-17(25-2)14(13)10-19/h9,12H,3-8,11H2,1-2H3,(H,20,22). The quantitative estimate of drug-likeness (QED) is 0.413. The Morgan fingerprint density at radius 3 is 2.80 bits per heavy atom. The van der Waals surface area contributed by atoms with Gasteiger partial charge < -0.3 is 10.1 Å². The highest BCUT2D eigenvalue weighted by atomic mass is 32.2. The predicted molar refractivity (Wildman–Crippen MR) is 95.5 cm³/mol. The maximum atomic E-state index is 12.4. The Morgan fingerprint density at radius 2 is 2.20 bits per heavy atom. The van der Waals surface area contributed by atoms with Gasteiger partial charge in [-0.1, -0.05) is 19.8 Å². The lowest BCUT2D eigenvalue weighted by atomic mass is 10.1. The van der Waals surface area contributed by atoms with Gasteiger partial charge in [0.05, 0.1) is 11.1 Å². The molecule has 2 rings (SSSR count). The SMILES string of the molecule is CCCCCNC(=O)COC(=O)c1cc(C2CC2)nc(SC)c1C#N. The molecule has 1 aromatic rings. The van der Waals surface area contributed by atoms with Gasteiger partial charge in [-0.25, -0.2) is 9.78 Å². The third-order valence-corrected chi connectivity index (χ3v) is 4.65. The van der Waals surface area contributed by atoms with Crippen molar-refractivity contribution in [2.24, 2.45) is 0 Å². The number of hydrogen-bond acceptors (Lipinski definition) is 6. The molecule has 1 aliphatic rings. The first kappa shape index (κ1) is 19.3. The van der Waals surface area contributed by atoms with Crippen molar-refractivity contribution in [3.8, 4) is 6.07 Å². The van der Waals surface area contributed by atoms with Crippen molar-refractivity contribution in [1.82, 2.24) is 10.3 Å². The number of esters is 1. The molecule has 0 saturated heterocycles. The van der Waals surface area contributed by atoms with Gasteiger partial charge in [-0.2, -0.15) is 5.26 Å². The number of pyridine rings is 1. The highest BCUT2D eigenvalue weighted by Crippen LogP contribution is 2.40. The normalized spacial score (nSPS) is 13.2. The predicted octanol–water partition coefficient (Wildman–Crippen LogP) is 3.02. The molecule has 0 radical (unpaired) electrons. The van der Waals surface area contributed by atoms with Crippen LogP contribution in [0.1, 0.15) is 66.6 Å². The minimum Gasteiger partial charge on any atom is -0.452 e. The van der Waals surface area contributed by atoms with Crippen LogP contribution < -0.4 is 5.32 Å². The molecular formula is C18H23N3O3S. The number of hydrogen-bond donors (Lipinski definition) is 1. The molecule has 1 heterocycles. The second-order valence-corrected chi connectivity index (χ2v) is 6.79. The number of carbonyl (C=O) groups excluding carboxylic acids is 2. The number of aromatic nitrogens is 1. The molecule has 134 valence electrons. The molecule has 1 saturated carbocycles. The van der Waals surface area contributed by atoms with Crippen molar-refractivity contribution in [2.45, 2.75) is 50.0 Å². The minimum atomic E-state index is -0.653. The molecule has 25 heavy (non-hydrogen) atoms. The fourth-order valence-electron chi connectivity index (χ4n) is 2.41. The minimum absolute atomic E-state index is 0.197. The van der Waals surface area contributed by atoms with E-state index in [0.29, 0.717) is 17.5 Å². The Bertz CT molecular complexity index is 681. The molecule has 0 bridgehead atoms. The summed E-state index contributed by atoms with van der Waals surface area (Å²) in [6.07, 6.45) is 6.93. The Morgan fingerprint density at radius 1 is 1.44 bits per heavy atom. The number of nitrogens with zero attached hydrogens (tertiary/aromatic N) is 2. The van der Waals surface area contributed by atoms with Gasteiger partial charge in [0, 0.05) is 18.2 Å². The van der Waals surface area contributed by atoms with Gasteiger partial charge in [-0.05, 0) is 31.6 Å². The van der Waals surface area contributed by atoms with E-state index in [1.54, 1.807) is 6.07 Å². The smallest absolute Gasteiger partial charge is 0.340 e. The van der Waals surface area contributed by atoms with Gasteiger partial charge in [-0.15, -0.1) is 11.8 Å². The van der Waals surface area contributed by atoms with Gasteiger partial charge >= 0.3 is 5.97 Å². The molecule has 0 unspecified atom stereocenters. The lowest BCUT2D eigenvalue weighted by molar-refractivity contribution is -0.124. The fourth-order valence-corrected chi connectivity index (χ4v) is 2.96. The molecule has 1 aliphatic carbocycles. The number of thioether (sulfide) groups is 1. The number of rotatable bonds is 9. The summed E-state index contributed by atoms with van der Waals surface area (Å²) < 4.78 is 5.10. The van der Waals surface area contributed by atoms with Crippen LogP contribution in [0.25, 0.3) is 0 Å². The fraction of sp³-hybridized carbons (Fsp3) is 0.556. The maximum Gasteiger partial charge on any atom is 0.340 e. The number of nitriles is 1.